The van der Waals surface area contributed by atoms with Gasteiger partial charge in [0.1, 0.15) is 5.69 Å². The molecule has 20 heavy (non-hydrogen) atoms. The van der Waals surface area contributed by atoms with Crippen molar-refractivity contribution in [3.05, 3.63) is 33.7 Å². The predicted octanol–water partition coefficient (Wildman–Crippen LogP) is 1.91. The first kappa shape index (κ1) is 14.7. The summed E-state index contributed by atoms with van der Waals surface area (Å²) in [5.74, 6) is -0.456. The number of hydrogen-bond donors (Lipinski definition) is 3. The lowest BCUT2D eigenvalue weighted by Gasteiger charge is -2.09. The zero-order chi connectivity index (χ0) is 14.9. The van der Waals surface area contributed by atoms with E-state index in [0.29, 0.717) is 11.4 Å². The van der Waals surface area contributed by atoms with Gasteiger partial charge in [-0.25, -0.2) is 13.2 Å². The Labute approximate surface area is 120 Å². The average molecular weight is 317 g/mol. The number of nitrogens with one attached hydrogen (secondary N) is 2. The van der Waals surface area contributed by atoms with Crippen LogP contribution in [0.4, 0.5) is 0 Å². The summed E-state index contributed by atoms with van der Waals surface area (Å²) in [6.07, 6.45) is 0.458. The number of aromatic nitrogens is 2. The van der Waals surface area contributed by atoms with Crippen LogP contribution >= 0.6 is 11.6 Å². The Morgan fingerprint density at radius 2 is 2.00 bits per heavy atom. The average Bonchev–Trinajstić information content (AvgIpc) is 2.67. The van der Waals surface area contributed by atoms with Gasteiger partial charge in [0.05, 0.1) is 10.6 Å². The second kappa shape index (κ2) is 5.34. The number of rotatable bonds is 4. The topological polar surface area (TPSA) is 103 Å². The van der Waals surface area contributed by atoms with Crippen LogP contribution in [0.25, 0.3) is 11.3 Å². The Balaban J connectivity index is 2.73. The zero-order valence-corrected chi connectivity index (χ0v) is 12.2. The lowest BCUT2D eigenvalue weighted by Crippen LogP contribution is -2.08. The molecule has 6 nitrogen and oxygen atoms in total. The second-order valence-corrected chi connectivity index (χ2v) is 6.78. The number of aromatic amines is 2. The Bertz CT molecular complexity index is 792. The quantitative estimate of drug-likeness (QED) is 0.801. The van der Waals surface area contributed by atoms with E-state index in [1.807, 2.05) is 0 Å². The van der Waals surface area contributed by atoms with Crippen LogP contribution in [0.5, 0.6) is 5.88 Å². The maximum absolute atomic E-state index is 12.2. The van der Waals surface area contributed by atoms with Crippen LogP contribution in [0.3, 0.4) is 0 Å². The van der Waals surface area contributed by atoms with Crippen molar-refractivity contribution in [2.45, 2.75) is 18.2 Å². The predicted molar refractivity (Wildman–Crippen MR) is 75.9 cm³/mol. The molecule has 8 heteroatoms. The van der Waals surface area contributed by atoms with Gasteiger partial charge in [-0.3, -0.25) is 4.98 Å². The molecule has 108 valence electrons. The molecular weight excluding hydrogens is 304 g/mol. The summed E-state index contributed by atoms with van der Waals surface area (Å²) >= 11 is 5.87. The minimum atomic E-state index is -3.52. The molecule has 0 bridgehead atoms. The number of benzene rings is 1. The number of imidazole rings is 1. The van der Waals surface area contributed by atoms with Gasteiger partial charge >= 0.3 is 5.69 Å². The molecule has 0 spiro atoms. The molecule has 0 radical (unpaired) electrons. The van der Waals surface area contributed by atoms with Crippen LogP contribution < -0.4 is 5.69 Å². The fourth-order valence-electron chi connectivity index (χ4n) is 1.92. The zero-order valence-electron chi connectivity index (χ0n) is 10.6. The van der Waals surface area contributed by atoms with Crippen molar-refractivity contribution in [2.24, 2.45) is 0 Å². The summed E-state index contributed by atoms with van der Waals surface area (Å²) in [7, 11) is -3.52. The third-order valence-electron chi connectivity index (χ3n) is 2.73. The maximum atomic E-state index is 12.2. The Morgan fingerprint density at radius 1 is 1.30 bits per heavy atom. The highest BCUT2D eigenvalue weighted by Crippen LogP contribution is 2.33. The third-order valence-corrected chi connectivity index (χ3v) is 4.93. The third kappa shape index (κ3) is 2.73. The van der Waals surface area contributed by atoms with Gasteiger partial charge < -0.3 is 10.1 Å². The van der Waals surface area contributed by atoms with Gasteiger partial charge in [-0.15, -0.1) is 0 Å². The Kier molecular flexibility index (Phi) is 3.92. The van der Waals surface area contributed by atoms with Crippen molar-refractivity contribution < 1.29 is 13.5 Å². The van der Waals surface area contributed by atoms with E-state index in [1.165, 1.54) is 18.2 Å². The van der Waals surface area contributed by atoms with Crippen LogP contribution in [0.15, 0.2) is 27.9 Å². The van der Waals surface area contributed by atoms with E-state index >= 15 is 0 Å². The highest BCUT2D eigenvalue weighted by atomic mass is 35.5. The fourth-order valence-corrected chi connectivity index (χ4v) is 3.62. The van der Waals surface area contributed by atoms with Crippen LogP contribution in [-0.2, 0) is 9.84 Å². The fraction of sp³-hybridized carbons (Fsp3) is 0.250. The lowest BCUT2D eigenvalue weighted by atomic mass is 10.1. The van der Waals surface area contributed by atoms with Crippen LogP contribution in [0.1, 0.15) is 13.3 Å². The smallest absolute Gasteiger partial charge is 0.326 e. The van der Waals surface area contributed by atoms with E-state index in [4.69, 9.17) is 11.6 Å². The van der Waals surface area contributed by atoms with Crippen molar-refractivity contribution in [3.8, 4) is 17.1 Å². The van der Waals surface area contributed by atoms with Crippen molar-refractivity contribution in [2.75, 3.05) is 5.75 Å². The van der Waals surface area contributed by atoms with Crippen LogP contribution in [0.2, 0.25) is 5.02 Å². The van der Waals surface area contributed by atoms with Gasteiger partial charge in [0, 0.05) is 10.6 Å². The molecule has 1 heterocycles. The van der Waals surface area contributed by atoms with E-state index in [0.717, 1.165) is 0 Å². The van der Waals surface area contributed by atoms with E-state index in [1.54, 1.807) is 6.92 Å². The van der Waals surface area contributed by atoms with Gasteiger partial charge in [-0.2, -0.15) is 0 Å². The number of H-pyrrole nitrogens is 2. The van der Waals surface area contributed by atoms with E-state index in [-0.39, 0.29) is 21.9 Å². The molecule has 1 aromatic carbocycles. The number of halogens is 1. The molecule has 1 aromatic heterocycles. The van der Waals surface area contributed by atoms with Gasteiger partial charge in [-0.05, 0) is 24.6 Å². The van der Waals surface area contributed by atoms with E-state index in [2.05, 4.69) is 9.97 Å². The van der Waals surface area contributed by atoms with Crippen LogP contribution in [0, 0.1) is 0 Å². The molecule has 0 aliphatic carbocycles. The lowest BCUT2D eigenvalue weighted by molar-refractivity contribution is 0.457. The maximum Gasteiger partial charge on any atom is 0.326 e. The molecule has 2 rings (SSSR count). The van der Waals surface area contributed by atoms with Crippen LogP contribution in [-0.4, -0.2) is 29.2 Å². The van der Waals surface area contributed by atoms with Gasteiger partial charge in [0.25, 0.3) is 0 Å². The second-order valence-electron chi connectivity index (χ2n) is 4.26. The standard InChI is InChI=1S/C12H13ClN2O4S/c1-2-5-20(18,19)9-4-3-7(13)6-8(9)10-11(16)15-12(17)14-10/h3-4,6,16H,2,5H2,1H3,(H2,14,15,17). The molecule has 0 aliphatic heterocycles. The molecule has 0 saturated heterocycles. The molecule has 0 atom stereocenters. The van der Waals surface area contributed by atoms with Crippen molar-refractivity contribution >= 4 is 21.4 Å². The Morgan fingerprint density at radius 3 is 2.55 bits per heavy atom. The molecule has 0 aliphatic rings. The normalized spacial score (nSPS) is 11.7. The summed E-state index contributed by atoms with van der Waals surface area (Å²) < 4.78 is 24.5. The number of hydrogen-bond acceptors (Lipinski definition) is 4. The molecule has 0 saturated carbocycles. The van der Waals surface area contributed by atoms with Gasteiger partial charge in [0.15, 0.2) is 9.84 Å². The van der Waals surface area contributed by atoms with Crippen molar-refractivity contribution in [3.63, 3.8) is 0 Å². The summed E-state index contributed by atoms with van der Waals surface area (Å²) in [6.45, 7) is 1.75. The van der Waals surface area contributed by atoms with E-state index in [9.17, 15) is 18.3 Å². The Hall–Kier alpha value is -1.73. The van der Waals surface area contributed by atoms with Gasteiger partial charge in [-0.1, -0.05) is 18.5 Å². The summed E-state index contributed by atoms with van der Waals surface area (Å²) in [5, 5.41) is 9.97. The minimum Gasteiger partial charge on any atom is -0.493 e. The number of sulfone groups is 1. The van der Waals surface area contributed by atoms with Gasteiger partial charge in [0.2, 0.25) is 5.88 Å². The first-order chi connectivity index (χ1) is 9.35. The molecule has 2 aromatic rings. The largest absolute Gasteiger partial charge is 0.493 e. The first-order valence-corrected chi connectivity index (χ1v) is 7.92. The highest BCUT2D eigenvalue weighted by molar-refractivity contribution is 7.91. The molecule has 0 unspecified atom stereocenters. The summed E-state index contributed by atoms with van der Waals surface area (Å²) in [6, 6.07) is 4.21. The van der Waals surface area contributed by atoms with Crippen molar-refractivity contribution in [1.29, 1.82) is 0 Å². The summed E-state index contributed by atoms with van der Waals surface area (Å²) in [5.41, 5.74) is -0.453. The summed E-state index contributed by atoms with van der Waals surface area (Å²) in [4.78, 5) is 15.7. The minimum absolute atomic E-state index is 0.00665. The SMILES string of the molecule is CCCS(=O)(=O)c1ccc(Cl)cc1-c1[nH]c(=O)[nH]c1O. The number of aromatic hydroxyl groups is 1. The highest BCUT2D eigenvalue weighted by Gasteiger charge is 2.22. The van der Waals surface area contributed by atoms with Crippen molar-refractivity contribution in [1.82, 2.24) is 9.97 Å². The molecule has 3 N–H and O–H groups in total. The monoisotopic (exact) mass is 316 g/mol. The molecule has 0 fully saturated rings. The molecule has 0 amide bonds. The molecular formula is C12H13ClN2O4S. The van der Waals surface area contributed by atoms with E-state index < -0.39 is 21.4 Å². The first-order valence-electron chi connectivity index (χ1n) is 5.89.